The number of carbonyl (C=O) groups is 1. The van der Waals surface area contributed by atoms with E-state index in [0.29, 0.717) is 43.1 Å². The number of nitrogens with zero attached hydrogens (tertiary/aromatic N) is 6. The number of morpholine rings is 1. The summed E-state index contributed by atoms with van der Waals surface area (Å²) in [5, 5.41) is 15.1. The lowest BCUT2D eigenvalue weighted by molar-refractivity contribution is 0.0730. The lowest BCUT2D eigenvalue weighted by atomic mass is 10.1. The molecule has 2 heterocycles. The number of hydrazone groups is 1. The third kappa shape index (κ3) is 4.72. The van der Waals surface area contributed by atoms with E-state index in [0.717, 1.165) is 5.69 Å². The Morgan fingerprint density at radius 2 is 1.69 bits per heavy atom. The average molecular weight is 456 g/mol. The van der Waals surface area contributed by atoms with Crippen LogP contribution in [0.2, 0.25) is 0 Å². The first-order valence-corrected chi connectivity index (χ1v) is 11.3. The molecule has 1 fully saturated rings. The highest BCUT2D eigenvalue weighted by Gasteiger charge is 2.26. The molecule has 2 aromatic carbocycles. The maximum absolute atomic E-state index is 12.7. The molecule has 1 saturated heterocycles. The minimum absolute atomic E-state index is 0.211. The van der Waals surface area contributed by atoms with Gasteiger partial charge in [0.15, 0.2) is 0 Å². The van der Waals surface area contributed by atoms with Gasteiger partial charge in [-0.05, 0) is 59.3 Å². The Hall–Kier alpha value is -3.48. The molecule has 1 aromatic heterocycles. The molecule has 1 aliphatic heterocycles. The molecule has 0 unspecified atom stereocenters. The number of sulfonamides is 1. The van der Waals surface area contributed by atoms with Crippen LogP contribution in [0.3, 0.4) is 0 Å². The third-order valence-corrected chi connectivity index (χ3v) is 6.86. The summed E-state index contributed by atoms with van der Waals surface area (Å²) in [7, 11) is -3.56. The van der Waals surface area contributed by atoms with E-state index in [1.807, 2.05) is 0 Å². The summed E-state index contributed by atoms with van der Waals surface area (Å²) in [4.78, 5) is 12.6. The van der Waals surface area contributed by atoms with Crippen LogP contribution < -0.4 is 5.43 Å². The number of hydrogen-bond donors (Lipinski definition) is 1. The summed E-state index contributed by atoms with van der Waals surface area (Å²) in [6.45, 7) is 3.19. The predicted octanol–water partition coefficient (Wildman–Crippen LogP) is 0.837. The van der Waals surface area contributed by atoms with E-state index in [2.05, 4.69) is 26.1 Å². The Labute approximate surface area is 184 Å². The number of tetrazole rings is 1. The number of benzene rings is 2. The lowest BCUT2D eigenvalue weighted by Crippen LogP contribution is -2.40. The molecule has 32 heavy (non-hydrogen) atoms. The summed E-state index contributed by atoms with van der Waals surface area (Å²) in [6, 6.07) is 13.1. The van der Waals surface area contributed by atoms with Gasteiger partial charge in [0.25, 0.3) is 5.91 Å². The molecular formula is C20H21N7O4S. The van der Waals surface area contributed by atoms with Gasteiger partial charge in [-0.3, -0.25) is 4.79 Å². The zero-order valence-corrected chi connectivity index (χ0v) is 18.1. The van der Waals surface area contributed by atoms with E-state index in [4.69, 9.17) is 4.74 Å². The molecule has 1 aliphatic rings. The van der Waals surface area contributed by atoms with Crippen LogP contribution in [0.15, 0.2) is 64.9 Å². The van der Waals surface area contributed by atoms with Crippen molar-refractivity contribution in [2.75, 3.05) is 26.3 Å². The summed E-state index contributed by atoms with van der Waals surface area (Å²) in [5.41, 5.74) is 4.89. The fraction of sp³-hybridized carbons (Fsp3) is 0.250. The number of rotatable bonds is 6. The Balaban J connectivity index is 1.41. The quantitative estimate of drug-likeness (QED) is 0.430. The molecular weight excluding hydrogens is 434 g/mol. The molecule has 0 aliphatic carbocycles. The number of nitrogens with one attached hydrogen (secondary N) is 1. The molecule has 0 saturated carbocycles. The first kappa shape index (κ1) is 21.7. The molecule has 0 atom stereocenters. The molecule has 0 bridgehead atoms. The van der Waals surface area contributed by atoms with Crippen molar-refractivity contribution in [3.8, 4) is 5.69 Å². The van der Waals surface area contributed by atoms with Crippen molar-refractivity contribution in [3.05, 3.63) is 66.0 Å². The highest BCUT2D eigenvalue weighted by molar-refractivity contribution is 7.89. The number of amides is 1. The Kier molecular flexibility index (Phi) is 6.35. The highest BCUT2D eigenvalue weighted by atomic mass is 32.2. The van der Waals surface area contributed by atoms with Crippen LogP contribution in [0.5, 0.6) is 0 Å². The monoisotopic (exact) mass is 455 g/mol. The summed E-state index contributed by atoms with van der Waals surface area (Å²) in [6.07, 6.45) is 1.46. The topological polar surface area (TPSA) is 132 Å². The molecule has 1 N–H and O–H groups in total. The molecule has 1 amide bonds. The molecule has 3 aromatic rings. The standard InChI is InChI=1S/C20H21N7O4S/c1-15(16-4-8-19(9-5-16)32(29,30)26-10-12-31-13-11-26)22-23-20(28)17-2-6-18(7-3-17)27-14-21-24-25-27/h2-9,14H,10-13H2,1H3,(H,23,28)/b22-15+. The zero-order valence-electron chi connectivity index (χ0n) is 17.2. The van der Waals surface area contributed by atoms with Gasteiger partial charge in [0, 0.05) is 18.7 Å². The minimum atomic E-state index is -3.56. The maximum Gasteiger partial charge on any atom is 0.271 e. The Morgan fingerprint density at radius 3 is 2.31 bits per heavy atom. The molecule has 12 heteroatoms. The fourth-order valence-corrected chi connectivity index (χ4v) is 4.52. The molecule has 0 spiro atoms. The number of hydrogen-bond acceptors (Lipinski definition) is 8. The SMILES string of the molecule is C/C(=N\NC(=O)c1ccc(-n2cnnn2)cc1)c1ccc(S(=O)(=O)N2CCOCC2)cc1. The Morgan fingerprint density at radius 1 is 1.03 bits per heavy atom. The normalized spacial score (nSPS) is 15.5. The smallest absolute Gasteiger partial charge is 0.271 e. The lowest BCUT2D eigenvalue weighted by Gasteiger charge is -2.26. The van der Waals surface area contributed by atoms with Gasteiger partial charge in [0.2, 0.25) is 10.0 Å². The minimum Gasteiger partial charge on any atom is -0.379 e. The largest absolute Gasteiger partial charge is 0.379 e. The van der Waals surface area contributed by atoms with Crippen LogP contribution >= 0.6 is 0 Å². The molecule has 0 radical (unpaired) electrons. The van der Waals surface area contributed by atoms with E-state index in [-0.39, 0.29) is 10.8 Å². The van der Waals surface area contributed by atoms with Gasteiger partial charge in [-0.15, -0.1) is 5.10 Å². The Bertz CT molecular complexity index is 1200. The van der Waals surface area contributed by atoms with E-state index >= 15 is 0 Å². The van der Waals surface area contributed by atoms with E-state index < -0.39 is 10.0 Å². The van der Waals surface area contributed by atoms with Gasteiger partial charge < -0.3 is 4.74 Å². The average Bonchev–Trinajstić information content (AvgIpc) is 3.38. The van der Waals surface area contributed by atoms with E-state index in [1.54, 1.807) is 55.5 Å². The van der Waals surface area contributed by atoms with E-state index in [9.17, 15) is 13.2 Å². The molecule has 11 nitrogen and oxygen atoms in total. The van der Waals surface area contributed by atoms with Gasteiger partial charge in [0.05, 0.1) is 29.5 Å². The van der Waals surface area contributed by atoms with Crippen molar-refractivity contribution in [1.82, 2.24) is 29.9 Å². The van der Waals surface area contributed by atoms with Crippen molar-refractivity contribution < 1.29 is 17.9 Å². The highest BCUT2D eigenvalue weighted by Crippen LogP contribution is 2.18. The third-order valence-electron chi connectivity index (χ3n) is 4.95. The number of ether oxygens (including phenoxy) is 1. The van der Waals surface area contributed by atoms with Crippen LogP contribution in [0.25, 0.3) is 5.69 Å². The predicted molar refractivity (Wildman–Crippen MR) is 115 cm³/mol. The molecule has 166 valence electrons. The second-order valence-electron chi connectivity index (χ2n) is 6.98. The van der Waals surface area contributed by atoms with Crippen molar-refractivity contribution in [2.24, 2.45) is 5.10 Å². The van der Waals surface area contributed by atoms with Crippen LogP contribution in [-0.4, -0.2) is 70.9 Å². The van der Waals surface area contributed by atoms with Crippen LogP contribution in [0.4, 0.5) is 0 Å². The van der Waals surface area contributed by atoms with Gasteiger partial charge >= 0.3 is 0 Å². The summed E-state index contributed by atoms with van der Waals surface area (Å²) >= 11 is 0. The summed E-state index contributed by atoms with van der Waals surface area (Å²) in [5.74, 6) is -0.376. The van der Waals surface area contributed by atoms with Gasteiger partial charge in [-0.2, -0.15) is 9.41 Å². The van der Waals surface area contributed by atoms with Gasteiger partial charge in [-0.1, -0.05) is 12.1 Å². The second-order valence-corrected chi connectivity index (χ2v) is 8.92. The van der Waals surface area contributed by atoms with Crippen LogP contribution in [-0.2, 0) is 14.8 Å². The molecule has 4 rings (SSSR count). The van der Waals surface area contributed by atoms with Crippen molar-refractivity contribution in [2.45, 2.75) is 11.8 Å². The first-order valence-electron chi connectivity index (χ1n) is 9.81. The van der Waals surface area contributed by atoms with Crippen LogP contribution in [0, 0.1) is 0 Å². The number of carbonyl (C=O) groups excluding carboxylic acids is 1. The van der Waals surface area contributed by atoms with Gasteiger partial charge in [-0.25, -0.2) is 18.5 Å². The van der Waals surface area contributed by atoms with Gasteiger partial charge in [0.1, 0.15) is 6.33 Å². The van der Waals surface area contributed by atoms with Crippen molar-refractivity contribution >= 4 is 21.6 Å². The van der Waals surface area contributed by atoms with Crippen molar-refractivity contribution in [3.63, 3.8) is 0 Å². The maximum atomic E-state index is 12.7. The van der Waals surface area contributed by atoms with E-state index in [1.165, 1.54) is 15.3 Å². The zero-order chi connectivity index (χ0) is 22.6. The van der Waals surface area contributed by atoms with Crippen molar-refractivity contribution in [1.29, 1.82) is 0 Å². The van der Waals surface area contributed by atoms with Crippen LogP contribution in [0.1, 0.15) is 22.8 Å². The second kappa shape index (κ2) is 9.34. The number of aromatic nitrogens is 4. The first-order chi connectivity index (χ1) is 15.4. The fourth-order valence-electron chi connectivity index (χ4n) is 3.11. The summed E-state index contributed by atoms with van der Waals surface area (Å²) < 4.78 is 33.5.